The summed E-state index contributed by atoms with van der Waals surface area (Å²) in [5.41, 5.74) is 3.69. The molecule has 0 fully saturated rings. The molecule has 0 amide bonds. The van der Waals surface area contributed by atoms with Crippen LogP contribution >= 0.6 is 39.3 Å². The van der Waals surface area contributed by atoms with E-state index < -0.39 is 11.7 Å². The first-order valence-corrected chi connectivity index (χ1v) is 13.1. The molecule has 1 atom stereocenters. The van der Waals surface area contributed by atoms with Crippen molar-refractivity contribution in [1.29, 1.82) is 0 Å². The summed E-state index contributed by atoms with van der Waals surface area (Å²) in [6.45, 7) is 2.08. The lowest BCUT2D eigenvalue weighted by molar-refractivity contribution is -0.137. The molecule has 2 aromatic heterocycles. The van der Waals surface area contributed by atoms with E-state index in [1.54, 1.807) is 0 Å². The van der Waals surface area contributed by atoms with Gasteiger partial charge in [-0.1, -0.05) is 58.3 Å². The quantitative estimate of drug-likeness (QED) is 0.238. The number of carbonyl (C=O) groups excluding carboxylic acids is 1. The Bertz CT molecular complexity index is 1450. The summed E-state index contributed by atoms with van der Waals surface area (Å²) in [6, 6.07) is 18.5. The molecule has 0 aliphatic heterocycles. The lowest BCUT2D eigenvalue weighted by Gasteiger charge is -2.21. The van der Waals surface area contributed by atoms with Gasteiger partial charge in [-0.2, -0.15) is 13.2 Å². The number of aromatic nitrogens is 2. The normalized spacial score (nSPS) is 15.7. The van der Waals surface area contributed by atoms with Crippen molar-refractivity contribution in [3.05, 3.63) is 93.2 Å². The zero-order chi connectivity index (χ0) is 25.6. The van der Waals surface area contributed by atoms with Crippen LogP contribution in [0, 0.1) is 5.92 Å². The largest absolute Gasteiger partial charge is 0.417 e. The molecule has 2 heterocycles. The summed E-state index contributed by atoms with van der Waals surface area (Å²) in [5, 5.41) is 0.245. The second-order valence-corrected chi connectivity index (χ2v) is 11.2. The lowest BCUT2D eigenvalue weighted by atomic mass is 9.88. The van der Waals surface area contributed by atoms with Gasteiger partial charge in [-0.3, -0.25) is 4.79 Å². The van der Waals surface area contributed by atoms with Gasteiger partial charge in [-0.05, 0) is 66.4 Å². The molecule has 0 spiro atoms. The van der Waals surface area contributed by atoms with Crippen molar-refractivity contribution in [2.45, 2.75) is 35.9 Å². The summed E-state index contributed by atoms with van der Waals surface area (Å²) < 4.78 is 41.9. The summed E-state index contributed by atoms with van der Waals surface area (Å²) in [5.74, 6) is 0.398. The Hall–Kier alpha value is -2.55. The molecule has 5 rings (SSSR count). The summed E-state index contributed by atoms with van der Waals surface area (Å²) in [6.07, 6.45) is -2.38. The van der Waals surface area contributed by atoms with Crippen molar-refractivity contribution < 1.29 is 18.0 Å². The third-order valence-corrected chi connectivity index (χ3v) is 8.02. The van der Waals surface area contributed by atoms with E-state index in [0.29, 0.717) is 11.4 Å². The molecule has 36 heavy (non-hydrogen) atoms. The standard InChI is InChI=1S/C27H19BrClF3N2OS/c1-15-10-24-21(25(35)11-15)13-23(16-2-4-18(28)5-3-16)34(24)19-6-8-20(9-7-19)36-26-22(29)12-17(14-33-26)27(30,31)32/h2-9,12-15H,10-11H2,1H3/t15-/m0/s1. The Labute approximate surface area is 223 Å². The molecule has 0 saturated heterocycles. The number of Topliss-reactive ketones (excluding diaryl/α,β-unsaturated/α-hetero) is 1. The molecule has 9 heteroatoms. The van der Waals surface area contributed by atoms with E-state index in [2.05, 4.69) is 32.4 Å². The monoisotopic (exact) mass is 590 g/mol. The molecule has 0 radical (unpaired) electrons. The third kappa shape index (κ3) is 4.99. The van der Waals surface area contributed by atoms with Crippen molar-refractivity contribution in [3.63, 3.8) is 0 Å². The Kier molecular flexibility index (Phi) is 6.78. The van der Waals surface area contributed by atoms with Crippen LogP contribution in [0.5, 0.6) is 0 Å². The van der Waals surface area contributed by atoms with E-state index in [1.165, 1.54) is 11.8 Å². The highest BCUT2D eigenvalue weighted by molar-refractivity contribution is 9.10. The van der Waals surface area contributed by atoms with Crippen molar-refractivity contribution in [2.75, 3.05) is 0 Å². The average molecular weight is 592 g/mol. The predicted octanol–water partition coefficient (Wildman–Crippen LogP) is 8.89. The van der Waals surface area contributed by atoms with Gasteiger partial charge >= 0.3 is 6.18 Å². The topological polar surface area (TPSA) is 34.9 Å². The maximum absolute atomic E-state index is 12.9. The Balaban J connectivity index is 1.51. The molecule has 3 nitrogen and oxygen atoms in total. The molecule has 2 aromatic carbocycles. The number of rotatable bonds is 4. The number of benzene rings is 2. The van der Waals surface area contributed by atoms with E-state index in [0.717, 1.165) is 56.3 Å². The second kappa shape index (κ2) is 9.72. The molecule has 4 aromatic rings. The second-order valence-electron chi connectivity index (χ2n) is 8.77. The molecule has 1 aliphatic carbocycles. The van der Waals surface area contributed by atoms with Gasteiger partial charge in [0.25, 0.3) is 0 Å². The maximum Gasteiger partial charge on any atom is 0.417 e. The molecule has 0 N–H and O–H groups in total. The van der Waals surface area contributed by atoms with Gasteiger partial charge in [0, 0.05) is 38.9 Å². The average Bonchev–Trinajstić information content (AvgIpc) is 3.20. The van der Waals surface area contributed by atoms with Crippen LogP contribution in [0.25, 0.3) is 16.9 Å². The van der Waals surface area contributed by atoms with Crippen LogP contribution in [-0.4, -0.2) is 15.3 Å². The van der Waals surface area contributed by atoms with E-state index in [9.17, 15) is 18.0 Å². The minimum atomic E-state index is -4.50. The number of hydrogen-bond donors (Lipinski definition) is 0. The van der Waals surface area contributed by atoms with Gasteiger partial charge in [0.15, 0.2) is 5.78 Å². The van der Waals surface area contributed by atoms with Crippen molar-refractivity contribution in [2.24, 2.45) is 5.92 Å². The maximum atomic E-state index is 12.9. The smallest absolute Gasteiger partial charge is 0.313 e. The summed E-state index contributed by atoms with van der Waals surface area (Å²) in [4.78, 5) is 17.5. The van der Waals surface area contributed by atoms with E-state index in [-0.39, 0.29) is 16.7 Å². The zero-order valence-electron chi connectivity index (χ0n) is 18.9. The number of pyridine rings is 1. The highest BCUT2D eigenvalue weighted by atomic mass is 79.9. The van der Waals surface area contributed by atoms with Crippen LogP contribution in [0.3, 0.4) is 0 Å². The number of carbonyl (C=O) groups is 1. The van der Waals surface area contributed by atoms with Gasteiger partial charge in [0.2, 0.25) is 0 Å². The first-order valence-electron chi connectivity index (χ1n) is 11.1. The van der Waals surface area contributed by atoms with Gasteiger partial charge < -0.3 is 4.57 Å². The van der Waals surface area contributed by atoms with Crippen LogP contribution in [0.4, 0.5) is 13.2 Å². The Morgan fingerprint density at radius 3 is 2.39 bits per heavy atom. The lowest BCUT2D eigenvalue weighted by Crippen LogP contribution is -2.19. The predicted molar refractivity (Wildman–Crippen MR) is 139 cm³/mol. The molecule has 1 aliphatic rings. The third-order valence-electron chi connectivity index (χ3n) is 6.06. The first-order chi connectivity index (χ1) is 17.1. The number of hydrogen-bond acceptors (Lipinski definition) is 3. The van der Waals surface area contributed by atoms with E-state index >= 15 is 0 Å². The van der Waals surface area contributed by atoms with Crippen LogP contribution < -0.4 is 0 Å². The SMILES string of the molecule is C[C@@H]1CC(=O)c2cc(-c3ccc(Br)cc3)n(-c3ccc(Sc4ncc(C(F)(F)F)cc4Cl)cc3)c2C1. The molecular formula is C27H19BrClF3N2OS. The number of nitrogens with zero attached hydrogens (tertiary/aromatic N) is 2. The van der Waals surface area contributed by atoms with Gasteiger partial charge in [-0.15, -0.1) is 0 Å². The first kappa shape index (κ1) is 25.1. The highest BCUT2D eigenvalue weighted by Crippen LogP contribution is 2.38. The number of fused-ring (bicyclic) bond motifs is 1. The van der Waals surface area contributed by atoms with Gasteiger partial charge in [-0.25, -0.2) is 4.98 Å². The highest BCUT2D eigenvalue weighted by Gasteiger charge is 2.32. The van der Waals surface area contributed by atoms with Crippen LogP contribution in [0.1, 0.15) is 35.0 Å². The van der Waals surface area contributed by atoms with E-state index in [4.69, 9.17) is 11.6 Å². The summed E-state index contributed by atoms with van der Waals surface area (Å²) in [7, 11) is 0. The fraction of sp³-hybridized carbons (Fsp3) is 0.185. The van der Waals surface area contributed by atoms with Crippen LogP contribution in [0.2, 0.25) is 5.02 Å². The minimum absolute atomic E-state index is 0.0524. The molecular weight excluding hydrogens is 573 g/mol. The number of halogens is 5. The molecule has 0 bridgehead atoms. The fourth-order valence-electron chi connectivity index (χ4n) is 4.38. The molecule has 184 valence electrons. The Morgan fingerprint density at radius 2 is 1.75 bits per heavy atom. The van der Waals surface area contributed by atoms with Crippen molar-refractivity contribution in [1.82, 2.24) is 9.55 Å². The Morgan fingerprint density at radius 1 is 1.06 bits per heavy atom. The zero-order valence-corrected chi connectivity index (χ0v) is 22.1. The van der Waals surface area contributed by atoms with Crippen molar-refractivity contribution in [3.8, 4) is 16.9 Å². The fourth-order valence-corrected chi connectivity index (χ4v) is 5.68. The van der Waals surface area contributed by atoms with Gasteiger partial charge in [0.1, 0.15) is 5.03 Å². The minimum Gasteiger partial charge on any atom is -0.313 e. The number of alkyl halides is 3. The van der Waals surface area contributed by atoms with Crippen LogP contribution in [0.15, 0.2) is 81.3 Å². The molecule has 0 unspecified atom stereocenters. The van der Waals surface area contributed by atoms with Crippen LogP contribution in [-0.2, 0) is 12.6 Å². The molecule has 0 saturated carbocycles. The van der Waals surface area contributed by atoms with Crippen molar-refractivity contribution >= 4 is 45.1 Å². The van der Waals surface area contributed by atoms with E-state index in [1.807, 2.05) is 54.6 Å². The van der Waals surface area contributed by atoms with Gasteiger partial charge in [0.05, 0.1) is 16.3 Å². The summed E-state index contributed by atoms with van der Waals surface area (Å²) >= 11 is 10.7. The number of ketones is 1.